The highest BCUT2D eigenvalue weighted by molar-refractivity contribution is 6.01. The molecule has 1 heterocycles. The molecular formula is C30H36N2O3. The Balaban J connectivity index is 1.37. The molecule has 0 saturated heterocycles. The number of hydrogen-bond donors (Lipinski definition) is 1. The largest absolute Gasteiger partial charge is 0.497 e. The van der Waals surface area contributed by atoms with Crippen LogP contribution in [0.1, 0.15) is 57.9 Å². The minimum atomic E-state index is -0.0626. The maximum atomic E-state index is 13.3. The van der Waals surface area contributed by atoms with Crippen LogP contribution in [-0.4, -0.2) is 17.6 Å². The molecule has 1 aromatic heterocycles. The van der Waals surface area contributed by atoms with Crippen molar-refractivity contribution >= 4 is 22.5 Å². The highest BCUT2D eigenvalue weighted by Crippen LogP contribution is 2.51. The van der Waals surface area contributed by atoms with E-state index in [9.17, 15) is 9.59 Å². The summed E-state index contributed by atoms with van der Waals surface area (Å²) in [6.07, 6.45) is 6.80. The number of rotatable bonds is 6. The van der Waals surface area contributed by atoms with E-state index in [4.69, 9.17) is 4.74 Å². The highest BCUT2D eigenvalue weighted by atomic mass is 16.5. The predicted octanol–water partition coefficient (Wildman–Crippen LogP) is 6.24. The highest BCUT2D eigenvalue weighted by Gasteiger charge is 2.42. The Kier molecular flexibility index (Phi) is 6.43. The second kappa shape index (κ2) is 9.52. The SMILES string of the molecule is COc1ccc(Cn2c(=O)ccc3c(NC(=O)CC4(C)CC5CCC(C4)C(C)C5)cccc32)cc1. The Labute approximate surface area is 207 Å². The molecule has 1 N–H and O–H groups in total. The fourth-order valence-electron chi connectivity index (χ4n) is 6.71. The molecule has 0 spiro atoms. The van der Waals surface area contributed by atoms with Crippen molar-refractivity contribution in [2.24, 2.45) is 23.2 Å². The van der Waals surface area contributed by atoms with Gasteiger partial charge in [-0.15, -0.1) is 0 Å². The number of fused-ring (bicyclic) bond motifs is 5. The van der Waals surface area contributed by atoms with Crippen LogP contribution >= 0.6 is 0 Å². The van der Waals surface area contributed by atoms with E-state index in [0.29, 0.717) is 13.0 Å². The molecule has 4 atom stereocenters. The van der Waals surface area contributed by atoms with Crippen LogP contribution in [-0.2, 0) is 11.3 Å². The predicted molar refractivity (Wildman–Crippen MR) is 141 cm³/mol. The lowest BCUT2D eigenvalue weighted by Gasteiger charge is -2.30. The zero-order chi connectivity index (χ0) is 24.6. The number of nitrogens with zero attached hydrogens (tertiary/aromatic N) is 1. The molecule has 2 bridgehead atoms. The Morgan fingerprint density at radius 1 is 1.09 bits per heavy atom. The van der Waals surface area contributed by atoms with Gasteiger partial charge in [-0.05, 0) is 84.7 Å². The molecule has 5 nitrogen and oxygen atoms in total. The first-order chi connectivity index (χ1) is 16.8. The van der Waals surface area contributed by atoms with E-state index in [-0.39, 0.29) is 16.9 Å². The maximum Gasteiger partial charge on any atom is 0.251 e. The van der Waals surface area contributed by atoms with E-state index >= 15 is 0 Å². The van der Waals surface area contributed by atoms with E-state index in [0.717, 1.165) is 58.5 Å². The molecule has 5 heteroatoms. The van der Waals surface area contributed by atoms with Gasteiger partial charge in [0.05, 0.1) is 24.9 Å². The summed E-state index contributed by atoms with van der Waals surface area (Å²) in [6.45, 7) is 5.16. The third kappa shape index (κ3) is 5.00. The summed E-state index contributed by atoms with van der Waals surface area (Å²) in [5.41, 5.74) is 2.59. The smallest absolute Gasteiger partial charge is 0.251 e. The number of carbonyl (C=O) groups is 1. The number of pyridine rings is 1. The van der Waals surface area contributed by atoms with Crippen molar-refractivity contribution in [1.29, 1.82) is 0 Å². The maximum absolute atomic E-state index is 13.3. The van der Waals surface area contributed by atoms with Gasteiger partial charge >= 0.3 is 0 Å². The van der Waals surface area contributed by atoms with E-state index in [2.05, 4.69) is 19.2 Å². The topological polar surface area (TPSA) is 60.3 Å². The summed E-state index contributed by atoms with van der Waals surface area (Å²) in [6, 6.07) is 17.0. The second-order valence-electron chi connectivity index (χ2n) is 11.2. The first kappa shape index (κ1) is 23.7. The number of benzene rings is 2. The molecule has 0 aliphatic heterocycles. The van der Waals surface area contributed by atoms with Crippen molar-refractivity contribution in [2.75, 3.05) is 12.4 Å². The molecule has 3 fully saturated rings. The third-order valence-electron chi connectivity index (χ3n) is 8.39. The van der Waals surface area contributed by atoms with Gasteiger partial charge in [0.25, 0.3) is 5.56 Å². The van der Waals surface area contributed by atoms with Gasteiger partial charge in [-0.1, -0.05) is 38.5 Å². The molecule has 35 heavy (non-hydrogen) atoms. The molecule has 6 rings (SSSR count). The average molecular weight is 473 g/mol. The van der Waals surface area contributed by atoms with E-state index in [1.165, 1.54) is 19.3 Å². The van der Waals surface area contributed by atoms with E-state index in [1.54, 1.807) is 17.7 Å². The number of anilines is 1. The first-order valence-electron chi connectivity index (χ1n) is 12.9. The van der Waals surface area contributed by atoms with Gasteiger partial charge in [0.2, 0.25) is 5.91 Å². The van der Waals surface area contributed by atoms with Gasteiger partial charge in [-0.25, -0.2) is 0 Å². The summed E-state index contributed by atoms with van der Waals surface area (Å²) in [7, 11) is 1.64. The van der Waals surface area contributed by atoms with E-state index in [1.807, 2.05) is 48.5 Å². The summed E-state index contributed by atoms with van der Waals surface area (Å²) in [5, 5.41) is 4.08. The lowest BCUT2D eigenvalue weighted by Crippen LogP contribution is -2.27. The minimum absolute atomic E-state index is 0.0573. The van der Waals surface area contributed by atoms with Crippen LogP contribution in [0.5, 0.6) is 5.75 Å². The zero-order valence-electron chi connectivity index (χ0n) is 21.0. The van der Waals surface area contributed by atoms with Gasteiger partial charge in [0.1, 0.15) is 5.75 Å². The quantitative estimate of drug-likeness (QED) is 0.462. The van der Waals surface area contributed by atoms with Gasteiger partial charge in [0.15, 0.2) is 0 Å². The van der Waals surface area contributed by atoms with Gasteiger partial charge in [0, 0.05) is 17.9 Å². The van der Waals surface area contributed by atoms with Crippen LogP contribution in [0.3, 0.4) is 0 Å². The third-order valence-corrected chi connectivity index (χ3v) is 8.39. The molecule has 1 amide bonds. The molecule has 3 saturated carbocycles. The molecule has 3 aliphatic rings. The van der Waals surface area contributed by atoms with Crippen molar-refractivity contribution in [3.63, 3.8) is 0 Å². The van der Waals surface area contributed by atoms with Crippen LogP contribution in [0.4, 0.5) is 5.69 Å². The number of aromatic nitrogens is 1. The molecule has 2 aromatic carbocycles. The van der Waals surface area contributed by atoms with E-state index < -0.39 is 0 Å². The fraction of sp³-hybridized carbons (Fsp3) is 0.467. The lowest BCUT2D eigenvalue weighted by molar-refractivity contribution is -0.118. The Morgan fingerprint density at radius 2 is 1.89 bits per heavy atom. The molecule has 0 radical (unpaired) electrons. The minimum Gasteiger partial charge on any atom is -0.497 e. The molecule has 184 valence electrons. The molecule has 3 aromatic rings. The van der Waals surface area contributed by atoms with Gasteiger partial charge in [-0.2, -0.15) is 0 Å². The summed E-state index contributed by atoms with van der Waals surface area (Å²) in [4.78, 5) is 26.0. The van der Waals surface area contributed by atoms with Gasteiger partial charge < -0.3 is 14.6 Å². The zero-order valence-corrected chi connectivity index (χ0v) is 21.0. The number of amides is 1. The molecule has 4 unspecified atom stereocenters. The van der Waals surface area contributed by atoms with Crippen LogP contribution in [0.15, 0.2) is 59.4 Å². The van der Waals surface area contributed by atoms with Crippen LogP contribution in [0, 0.1) is 23.2 Å². The number of nitrogens with one attached hydrogen (secondary N) is 1. The Hall–Kier alpha value is -3.08. The van der Waals surface area contributed by atoms with Crippen LogP contribution in [0.2, 0.25) is 0 Å². The number of ether oxygens (including phenoxy) is 1. The van der Waals surface area contributed by atoms with Crippen molar-refractivity contribution in [3.8, 4) is 5.75 Å². The number of hydrogen-bond acceptors (Lipinski definition) is 3. The Bertz CT molecular complexity index is 1280. The monoisotopic (exact) mass is 472 g/mol. The lowest BCUT2D eigenvalue weighted by atomic mass is 9.75. The summed E-state index contributed by atoms with van der Waals surface area (Å²) < 4.78 is 7.01. The summed E-state index contributed by atoms with van der Waals surface area (Å²) >= 11 is 0. The van der Waals surface area contributed by atoms with Crippen molar-refractivity contribution in [1.82, 2.24) is 4.57 Å². The number of carbonyl (C=O) groups excluding carboxylic acids is 1. The molecule has 3 aliphatic carbocycles. The standard InChI is InChI=1S/C30H36N2O3/c1-20-15-22-7-10-23(20)17-30(2,16-22)18-28(33)31-26-5-4-6-27-25(26)13-14-29(34)32(27)19-21-8-11-24(35-3)12-9-21/h4-6,8-9,11-14,20,22-23H,7,10,15-19H2,1-3H3,(H,31,33). The van der Waals surface area contributed by atoms with Gasteiger partial charge in [-0.3, -0.25) is 9.59 Å². The average Bonchev–Trinajstić information content (AvgIpc) is 3.06. The van der Waals surface area contributed by atoms with Crippen molar-refractivity contribution in [3.05, 3.63) is 70.5 Å². The Morgan fingerprint density at radius 3 is 2.63 bits per heavy atom. The van der Waals surface area contributed by atoms with Crippen LogP contribution < -0.4 is 15.6 Å². The number of methoxy groups -OCH3 is 1. The second-order valence-corrected chi connectivity index (χ2v) is 11.2. The fourth-order valence-corrected chi connectivity index (χ4v) is 6.71. The van der Waals surface area contributed by atoms with Crippen molar-refractivity contribution in [2.45, 2.75) is 58.9 Å². The normalized spacial score (nSPS) is 25.9. The summed E-state index contributed by atoms with van der Waals surface area (Å²) in [5.74, 6) is 3.14. The van der Waals surface area contributed by atoms with Crippen LogP contribution in [0.25, 0.3) is 10.9 Å². The van der Waals surface area contributed by atoms with Crippen molar-refractivity contribution < 1.29 is 9.53 Å². The first-order valence-corrected chi connectivity index (χ1v) is 12.9. The molecular weight excluding hydrogens is 436 g/mol.